The highest BCUT2D eigenvalue weighted by atomic mass is 16.5. The minimum Gasteiger partial charge on any atom is -0.381 e. The molecule has 0 N–H and O–H groups in total. The predicted octanol–water partition coefficient (Wildman–Crippen LogP) is 0.665. The topological polar surface area (TPSA) is 55.7 Å². The van der Waals surface area contributed by atoms with Gasteiger partial charge in [-0.3, -0.25) is 4.79 Å². The van der Waals surface area contributed by atoms with Crippen molar-refractivity contribution in [3.63, 3.8) is 0 Å². The Balaban J connectivity index is 3.24. The molecule has 4 heteroatoms. The van der Waals surface area contributed by atoms with Crippen LogP contribution in [0.15, 0.2) is 4.99 Å². The summed E-state index contributed by atoms with van der Waals surface area (Å²) >= 11 is 0. The fourth-order valence-electron chi connectivity index (χ4n) is 0.513. The van der Waals surface area contributed by atoms with Crippen LogP contribution in [0.5, 0.6) is 0 Å². The molecule has 0 bridgehead atoms. The second-order valence-corrected chi connectivity index (χ2v) is 1.96. The van der Waals surface area contributed by atoms with Gasteiger partial charge in [0.1, 0.15) is 0 Å². The first-order chi connectivity index (χ1) is 5.31. The fraction of sp³-hybridized carbons (Fsp3) is 0.714. The molecule has 0 radical (unpaired) electrons. The van der Waals surface area contributed by atoms with Gasteiger partial charge < -0.3 is 4.74 Å². The summed E-state index contributed by atoms with van der Waals surface area (Å²) in [5.41, 5.74) is 0. The van der Waals surface area contributed by atoms with Crippen LogP contribution in [0.3, 0.4) is 0 Å². The van der Waals surface area contributed by atoms with Crippen molar-refractivity contribution in [2.75, 3.05) is 13.2 Å². The van der Waals surface area contributed by atoms with Crippen LogP contribution < -0.4 is 0 Å². The van der Waals surface area contributed by atoms with Crippen molar-refractivity contribution in [3.05, 3.63) is 0 Å². The molecule has 0 aliphatic rings. The maximum absolute atomic E-state index is 10.5. The van der Waals surface area contributed by atoms with E-state index in [9.17, 15) is 9.59 Å². The van der Waals surface area contributed by atoms with Gasteiger partial charge in [0.15, 0.2) is 0 Å². The number of rotatable bonds is 5. The summed E-state index contributed by atoms with van der Waals surface area (Å²) < 4.78 is 4.99. The molecule has 0 heterocycles. The van der Waals surface area contributed by atoms with Crippen LogP contribution in [0.1, 0.15) is 19.8 Å². The van der Waals surface area contributed by atoms with Gasteiger partial charge in [-0.1, -0.05) is 6.92 Å². The van der Waals surface area contributed by atoms with Crippen LogP contribution in [0.2, 0.25) is 0 Å². The molecule has 0 spiro atoms. The van der Waals surface area contributed by atoms with Crippen molar-refractivity contribution in [2.45, 2.75) is 19.8 Å². The lowest BCUT2D eigenvalue weighted by atomic mass is 10.4. The molecule has 1 amide bonds. The van der Waals surface area contributed by atoms with Crippen LogP contribution in [-0.4, -0.2) is 25.2 Å². The van der Waals surface area contributed by atoms with Crippen molar-refractivity contribution in [3.8, 4) is 0 Å². The van der Waals surface area contributed by atoms with E-state index in [4.69, 9.17) is 4.74 Å². The smallest absolute Gasteiger partial charge is 0.258 e. The molecule has 0 aliphatic carbocycles. The molecule has 0 aliphatic heterocycles. The van der Waals surface area contributed by atoms with Crippen LogP contribution in [0.4, 0.5) is 0 Å². The number of carbonyl (C=O) groups is 1. The van der Waals surface area contributed by atoms with Gasteiger partial charge in [0.05, 0.1) is 13.0 Å². The average molecular weight is 157 g/mol. The highest BCUT2D eigenvalue weighted by Crippen LogP contribution is 1.87. The Bertz CT molecular complexity index is 161. The summed E-state index contributed by atoms with van der Waals surface area (Å²) in [5.74, 6) is -0.476. The van der Waals surface area contributed by atoms with Crippen molar-refractivity contribution in [1.29, 1.82) is 0 Å². The molecule has 0 aromatic carbocycles. The number of ether oxygens (including phenoxy) is 1. The van der Waals surface area contributed by atoms with E-state index >= 15 is 0 Å². The van der Waals surface area contributed by atoms with Crippen molar-refractivity contribution < 1.29 is 14.3 Å². The molecular weight excluding hydrogens is 146 g/mol. The lowest BCUT2D eigenvalue weighted by molar-refractivity contribution is -0.118. The highest BCUT2D eigenvalue weighted by molar-refractivity contribution is 5.81. The number of hydrogen-bond acceptors (Lipinski definition) is 3. The summed E-state index contributed by atoms with van der Waals surface area (Å²) in [6.45, 7) is 2.95. The minimum atomic E-state index is -0.476. The van der Waals surface area contributed by atoms with Gasteiger partial charge in [-0.15, -0.1) is 4.99 Å². The summed E-state index contributed by atoms with van der Waals surface area (Å²) in [5, 5.41) is 0. The Morgan fingerprint density at radius 2 is 2.27 bits per heavy atom. The van der Waals surface area contributed by atoms with Crippen molar-refractivity contribution in [1.82, 2.24) is 0 Å². The third kappa shape index (κ3) is 6.90. The monoisotopic (exact) mass is 157 g/mol. The predicted molar refractivity (Wildman–Crippen MR) is 38.9 cm³/mol. The molecule has 4 nitrogen and oxygen atoms in total. The van der Waals surface area contributed by atoms with Crippen molar-refractivity contribution >= 4 is 12.0 Å². The Kier molecular flexibility index (Phi) is 6.48. The van der Waals surface area contributed by atoms with Gasteiger partial charge in [0.2, 0.25) is 6.08 Å². The van der Waals surface area contributed by atoms with Gasteiger partial charge in [-0.2, -0.15) is 0 Å². The Hall–Kier alpha value is -0.990. The van der Waals surface area contributed by atoms with E-state index < -0.39 is 5.91 Å². The first-order valence-corrected chi connectivity index (χ1v) is 3.49. The lowest BCUT2D eigenvalue weighted by Gasteiger charge is -1.97. The zero-order valence-corrected chi connectivity index (χ0v) is 6.50. The van der Waals surface area contributed by atoms with E-state index in [-0.39, 0.29) is 6.42 Å². The van der Waals surface area contributed by atoms with Crippen LogP contribution in [-0.2, 0) is 14.3 Å². The van der Waals surface area contributed by atoms with Gasteiger partial charge >= 0.3 is 0 Å². The quantitative estimate of drug-likeness (QED) is 0.334. The summed E-state index contributed by atoms with van der Waals surface area (Å²) in [4.78, 5) is 22.9. The molecular formula is C7H11NO3. The van der Waals surface area contributed by atoms with E-state index in [1.54, 1.807) is 0 Å². The second-order valence-electron chi connectivity index (χ2n) is 1.96. The molecule has 0 saturated heterocycles. The van der Waals surface area contributed by atoms with E-state index in [0.717, 1.165) is 6.42 Å². The number of nitrogens with zero attached hydrogens (tertiary/aromatic N) is 1. The second kappa shape index (κ2) is 7.12. The van der Waals surface area contributed by atoms with E-state index in [1.807, 2.05) is 6.92 Å². The third-order valence-electron chi connectivity index (χ3n) is 0.979. The first kappa shape index (κ1) is 10.0. The molecule has 0 fully saturated rings. The molecule has 0 atom stereocenters. The molecule has 0 saturated carbocycles. The first-order valence-electron chi connectivity index (χ1n) is 3.49. The third-order valence-corrected chi connectivity index (χ3v) is 0.979. The molecule has 0 unspecified atom stereocenters. The van der Waals surface area contributed by atoms with E-state index in [1.165, 1.54) is 6.08 Å². The Morgan fingerprint density at radius 3 is 2.82 bits per heavy atom. The SMILES string of the molecule is CCCOCCC(=O)N=C=O. The standard InChI is InChI=1S/C7H11NO3/c1-2-4-11-5-3-7(10)8-6-9/h2-5H2,1H3. The highest BCUT2D eigenvalue weighted by Gasteiger charge is 1.96. The normalized spacial score (nSPS) is 8.82. The minimum absolute atomic E-state index is 0.162. The van der Waals surface area contributed by atoms with Gasteiger partial charge in [0.25, 0.3) is 5.91 Å². The summed E-state index contributed by atoms with van der Waals surface area (Å²) in [7, 11) is 0. The van der Waals surface area contributed by atoms with Gasteiger partial charge in [-0.25, -0.2) is 4.79 Å². The van der Waals surface area contributed by atoms with E-state index in [0.29, 0.717) is 13.2 Å². The fourth-order valence-corrected chi connectivity index (χ4v) is 0.513. The molecule has 0 aromatic rings. The summed E-state index contributed by atoms with van der Waals surface area (Å²) in [6, 6.07) is 0. The molecule has 11 heavy (non-hydrogen) atoms. The van der Waals surface area contributed by atoms with Gasteiger partial charge in [-0.05, 0) is 6.42 Å². The maximum Gasteiger partial charge on any atom is 0.258 e. The Labute approximate surface area is 65.3 Å². The number of isocyanates is 1. The van der Waals surface area contributed by atoms with Crippen molar-refractivity contribution in [2.24, 2.45) is 4.99 Å². The van der Waals surface area contributed by atoms with Gasteiger partial charge in [0, 0.05) is 6.61 Å². The number of carbonyl (C=O) groups excluding carboxylic acids is 2. The number of hydrogen-bond donors (Lipinski definition) is 0. The largest absolute Gasteiger partial charge is 0.381 e. The molecule has 62 valence electrons. The zero-order valence-electron chi connectivity index (χ0n) is 6.50. The zero-order chi connectivity index (χ0) is 8.53. The Morgan fingerprint density at radius 1 is 1.55 bits per heavy atom. The molecule has 0 rings (SSSR count). The number of aliphatic imine (C=N–C) groups is 1. The van der Waals surface area contributed by atoms with E-state index in [2.05, 4.69) is 4.99 Å². The van der Waals surface area contributed by atoms with Crippen LogP contribution in [0.25, 0.3) is 0 Å². The molecule has 0 aromatic heterocycles. The van der Waals surface area contributed by atoms with Crippen LogP contribution in [0, 0.1) is 0 Å². The van der Waals surface area contributed by atoms with Crippen LogP contribution >= 0.6 is 0 Å². The average Bonchev–Trinajstić information content (AvgIpc) is 1.99. The lowest BCUT2D eigenvalue weighted by Crippen LogP contribution is -2.01. The number of amides is 1. The maximum atomic E-state index is 10.5. The summed E-state index contributed by atoms with van der Waals surface area (Å²) in [6.07, 6.45) is 2.26.